The van der Waals surface area contributed by atoms with Gasteiger partial charge in [-0.2, -0.15) is 4.31 Å². The molecule has 1 fully saturated rings. The highest BCUT2D eigenvalue weighted by Gasteiger charge is 2.26. The molecule has 1 aliphatic rings. The molecule has 2 aromatic rings. The van der Waals surface area contributed by atoms with Crippen LogP contribution < -0.4 is 10.2 Å². The second kappa shape index (κ2) is 8.86. The number of carbonyl (C=O) groups excluding carboxylic acids is 1. The van der Waals surface area contributed by atoms with E-state index in [9.17, 15) is 13.2 Å². The summed E-state index contributed by atoms with van der Waals surface area (Å²) in [5, 5.41) is 4.63. The van der Waals surface area contributed by atoms with Gasteiger partial charge in [0.05, 0.1) is 12.2 Å². The predicted octanol–water partition coefficient (Wildman–Crippen LogP) is 1.87. The Morgan fingerprint density at radius 3 is 2.59 bits per heavy atom. The normalized spacial score (nSPS) is 15.7. The van der Waals surface area contributed by atoms with E-state index in [0.29, 0.717) is 32.6 Å². The molecule has 0 saturated carbocycles. The minimum absolute atomic E-state index is 0.0619. The van der Waals surface area contributed by atoms with Gasteiger partial charge >= 0.3 is 0 Å². The molecule has 146 valence electrons. The number of amides is 1. The molecule has 1 N–H and O–H groups in total. The third-order valence-electron chi connectivity index (χ3n) is 4.60. The highest BCUT2D eigenvalue weighted by Crippen LogP contribution is 2.19. The molecule has 0 bridgehead atoms. The average Bonchev–Trinajstić information content (AvgIpc) is 3.14. The number of rotatable bonds is 7. The fraction of sp³-hybridized carbons (Fsp3) is 0.421. The van der Waals surface area contributed by atoms with Crippen molar-refractivity contribution in [3.8, 4) is 0 Å². The van der Waals surface area contributed by atoms with Gasteiger partial charge in [-0.25, -0.2) is 8.42 Å². The molecule has 2 heterocycles. The van der Waals surface area contributed by atoms with Gasteiger partial charge in [0, 0.05) is 43.3 Å². The van der Waals surface area contributed by atoms with Crippen LogP contribution in [0.25, 0.3) is 0 Å². The Balaban J connectivity index is 1.44. The molecule has 0 aliphatic carbocycles. The summed E-state index contributed by atoms with van der Waals surface area (Å²) in [6.07, 6.45) is 0.298. The Morgan fingerprint density at radius 2 is 1.93 bits per heavy atom. The molecule has 8 heteroatoms. The van der Waals surface area contributed by atoms with E-state index in [4.69, 9.17) is 0 Å². The van der Waals surface area contributed by atoms with Gasteiger partial charge in [-0.3, -0.25) is 4.79 Å². The van der Waals surface area contributed by atoms with Crippen molar-refractivity contribution in [3.05, 3.63) is 52.2 Å². The van der Waals surface area contributed by atoms with Crippen molar-refractivity contribution < 1.29 is 13.2 Å². The first-order valence-corrected chi connectivity index (χ1v) is 11.5. The molecule has 6 nitrogen and oxygen atoms in total. The summed E-state index contributed by atoms with van der Waals surface area (Å²) >= 11 is 1.52. The molecule has 1 aliphatic heterocycles. The molecule has 3 rings (SSSR count). The van der Waals surface area contributed by atoms with Gasteiger partial charge in [0.1, 0.15) is 0 Å². The van der Waals surface area contributed by atoms with E-state index < -0.39 is 10.0 Å². The minimum atomic E-state index is -3.36. The molecule has 27 heavy (non-hydrogen) atoms. The second-order valence-corrected chi connectivity index (χ2v) is 9.77. The molecule has 1 aromatic heterocycles. The van der Waals surface area contributed by atoms with Crippen molar-refractivity contribution in [2.45, 2.75) is 13.3 Å². The minimum Gasteiger partial charge on any atom is -0.369 e. The number of anilines is 1. The zero-order valence-corrected chi connectivity index (χ0v) is 17.1. The monoisotopic (exact) mass is 407 g/mol. The molecule has 0 radical (unpaired) electrons. The Bertz CT molecular complexity index is 858. The second-order valence-electron chi connectivity index (χ2n) is 6.65. The van der Waals surface area contributed by atoms with Crippen LogP contribution in [-0.4, -0.2) is 57.1 Å². The first kappa shape index (κ1) is 19.9. The summed E-state index contributed by atoms with van der Waals surface area (Å²) < 4.78 is 26.6. The topological polar surface area (TPSA) is 69.7 Å². The van der Waals surface area contributed by atoms with E-state index in [-0.39, 0.29) is 18.2 Å². The standard InChI is InChI=1S/C19H25N3O3S2/c1-16-4-2-5-17(14-16)21-8-10-22(11-9-21)27(24,25)13-7-20-19(23)15-18-6-3-12-26-18/h2-6,12,14H,7-11,13,15H2,1H3,(H,20,23). The molecular formula is C19H25N3O3S2. The van der Waals surface area contributed by atoms with Crippen LogP contribution in [0.1, 0.15) is 10.4 Å². The third-order valence-corrected chi connectivity index (χ3v) is 7.34. The lowest BCUT2D eigenvalue weighted by Crippen LogP contribution is -2.50. The van der Waals surface area contributed by atoms with E-state index >= 15 is 0 Å². The number of thiophene rings is 1. The number of hydrogen-bond acceptors (Lipinski definition) is 5. The van der Waals surface area contributed by atoms with Crippen molar-refractivity contribution in [3.63, 3.8) is 0 Å². The smallest absolute Gasteiger partial charge is 0.225 e. The molecular weight excluding hydrogens is 382 g/mol. The zero-order valence-electron chi connectivity index (χ0n) is 15.4. The first-order valence-electron chi connectivity index (χ1n) is 9.02. The Labute approximate surface area is 164 Å². The number of carbonyl (C=O) groups is 1. The van der Waals surface area contributed by atoms with Crippen LogP contribution in [0.3, 0.4) is 0 Å². The lowest BCUT2D eigenvalue weighted by molar-refractivity contribution is -0.120. The largest absolute Gasteiger partial charge is 0.369 e. The van der Waals surface area contributed by atoms with Gasteiger partial charge in [0.25, 0.3) is 0 Å². The molecule has 0 unspecified atom stereocenters. The Kier molecular flexibility index (Phi) is 6.51. The summed E-state index contributed by atoms with van der Waals surface area (Å²) in [4.78, 5) is 15.1. The molecule has 0 spiro atoms. The van der Waals surface area contributed by atoms with Gasteiger partial charge in [0.2, 0.25) is 15.9 Å². The third kappa shape index (κ3) is 5.54. The quantitative estimate of drug-likeness (QED) is 0.761. The average molecular weight is 408 g/mol. The van der Waals surface area contributed by atoms with E-state index in [0.717, 1.165) is 10.6 Å². The van der Waals surface area contributed by atoms with Gasteiger partial charge < -0.3 is 10.2 Å². The maximum absolute atomic E-state index is 12.5. The van der Waals surface area contributed by atoms with E-state index in [1.54, 1.807) is 0 Å². The van der Waals surface area contributed by atoms with Gasteiger partial charge in [-0.1, -0.05) is 18.2 Å². The summed E-state index contributed by atoms with van der Waals surface area (Å²) in [6, 6.07) is 12.0. The number of piperazine rings is 1. The van der Waals surface area contributed by atoms with Gasteiger partial charge in [0.15, 0.2) is 0 Å². The van der Waals surface area contributed by atoms with Crippen LogP contribution in [-0.2, 0) is 21.2 Å². The van der Waals surface area contributed by atoms with Crippen LogP contribution in [0.2, 0.25) is 0 Å². The lowest BCUT2D eigenvalue weighted by Gasteiger charge is -2.35. The van der Waals surface area contributed by atoms with E-state index in [1.165, 1.54) is 21.2 Å². The van der Waals surface area contributed by atoms with Gasteiger partial charge in [-0.05, 0) is 36.1 Å². The molecule has 0 atom stereocenters. The first-order chi connectivity index (χ1) is 12.9. The number of sulfonamides is 1. The number of aryl methyl sites for hydroxylation is 1. The summed E-state index contributed by atoms with van der Waals surface area (Å²) in [5.74, 6) is -0.204. The summed E-state index contributed by atoms with van der Waals surface area (Å²) in [6.45, 7) is 4.49. The maximum atomic E-state index is 12.5. The van der Waals surface area contributed by atoms with Crippen LogP contribution in [0, 0.1) is 6.92 Å². The van der Waals surface area contributed by atoms with Gasteiger partial charge in [-0.15, -0.1) is 11.3 Å². The molecule has 1 saturated heterocycles. The highest BCUT2D eigenvalue weighted by atomic mass is 32.2. The van der Waals surface area contributed by atoms with Crippen LogP contribution >= 0.6 is 11.3 Å². The highest BCUT2D eigenvalue weighted by molar-refractivity contribution is 7.89. The molecule has 1 amide bonds. The predicted molar refractivity (Wildman–Crippen MR) is 110 cm³/mol. The fourth-order valence-electron chi connectivity index (χ4n) is 3.13. The number of benzene rings is 1. The number of nitrogens with zero attached hydrogens (tertiary/aromatic N) is 2. The Morgan fingerprint density at radius 1 is 1.15 bits per heavy atom. The van der Waals surface area contributed by atoms with Crippen molar-refractivity contribution >= 4 is 33.0 Å². The Hall–Kier alpha value is -1.90. The summed E-state index contributed by atoms with van der Waals surface area (Å²) in [7, 11) is -3.36. The number of nitrogens with one attached hydrogen (secondary N) is 1. The van der Waals surface area contributed by atoms with Crippen molar-refractivity contribution in [1.29, 1.82) is 0 Å². The van der Waals surface area contributed by atoms with Crippen molar-refractivity contribution in [1.82, 2.24) is 9.62 Å². The van der Waals surface area contributed by atoms with Crippen molar-refractivity contribution in [2.24, 2.45) is 0 Å². The van der Waals surface area contributed by atoms with Crippen molar-refractivity contribution in [2.75, 3.05) is 43.4 Å². The zero-order chi connectivity index (χ0) is 19.3. The maximum Gasteiger partial charge on any atom is 0.225 e. The van der Waals surface area contributed by atoms with Crippen LogP contribution in [0.4, 0.5) is 5.69 Å². The van der Waals surface area contributed by atoms with Crippen LogP contribution in [0.5, 0.6) is 0 Å². The SMILES string of the molecule is Cc1cccc(N2CCN(S(=O)(=O)CCNC(=O)Cc3cccs3)CC2)c1. The van der Waals surface area contributed by atoms with E-state index in [2.05, 4.69) is 35.3 Å². The molecule has 1 aromatic carbocycles. The summed E-state index contributed by atoms with van der Waals surface area (Å²) in [5.41, 5.74) is 2.33. The lowest BCUT2D eigenvalue weighted by atomic mass is 10.2. The van der Waals surface area contributed by atoms with E-state index in [1.807, 2.05) is 23.6 Å². The number of hydrogen-bond donors (Lipinski definition) is 1. The van der Waals surface area contributed by atoms with Crippen LogP contribution in [0.15, 0.2) is 41.8 Å². The fourth-order valence-corrected chi connectivity index (χ4v) is 5.17.